The Balaban J connectivity index is 2.55. The van der Waals surface area contributed by atoms with Crippen molar-refractivity contribution in [2.24, 2.45) is 0 Å². The molecule has 3 N–H and O–H groups in total. The largest absolute Gasteiger partial charge is 0.507 e. The molecule has 0 fully saturated rings. The molecule has 0 atom stereocenters. The van der Waals surface area contributed by atoms with Gasteiger partial charge in [0.15, 0.2) is 0 Å². The third-order valence-electron chi connectivity index (χ3n) is 3.16. The lowest BCUT2D eigenvalue weighted by Gasteiger charge is -2.14. The Morgan fingerprint density at radius 1 is 1.00 bits per heavy atom. The van der Waals surface area contributed by atoms with E-state index in [0.29, 0.717) is 10.9 Å². The normalized spacial score (nSPS) is 12.2. The molecule has 2 aromatic carbocycles. The molecule has 0 aliphatic rings. The van der Waals surface area contributed by atoms with Gasteiger partial charge in [-0.2, -0.15) is 13.2 Å². The molecule has 6 heteroatoms. The van der Waals surface area contributed by atoms with Gasteiger partial charge in [-0.3, -0.25) is 0 Å². The van der Waals surface area contributed by atoms with Crippen LogP contribution in [0.25, 0.3) is 21.8 Å². The number of hydrogen-bond acceptors (Lipinski definition) is 3. The Bertz CT molecular complexity index is 828. The Morgan fingerprint density at radius 2 is 1.70 bits per heavy atom. The zero-order chi connectivity index (χ0) is 14.5. The number of nitrogens with two attached hydrogens (primary N) is 1. The average molecular weight is 278 g/mol. The number of phenols is 1. The molecule has 0 saturated carbocycles. The number of fused-ring (bicyclic) bond motifs is 2. The summed E-state index contributed by atoms with van der Waals surface area (Å²) in [6, 6.07) is 8.99. The lowest BCUT2D eigenvalue weighted by molar-refractivity contribution is -0.137. The van der Waals surface area contributed by atoms with Crippen LogP contribution >= 0.6 is 0 Å². The van der Waals surface area contributed by atoms with Crippen LogP contribution in [0.5, 0.6) is 5.75 Å². The van der Waals surface area contributed by atoms with Gasteiger partial charge in [0.05, 0.1) is 16.7 Å². The van der Waals surface area contributed by atoms with Crippen LogP contribution in [0.1, 0.15) is 5.56 Å². The minimum atomic E-state index is -4.70. The van der Waals surface area contributed by atoms with Crippen molar-refractivity contribution in [2.75, 3.05) is 5.73 Å². The number of rotatable bonds is 0. The van der Waals surface area contributed by atoms with Gasteiger partial charge in [-0.15, -0.1) is 0 Å². The second-order valence-electron chi connectivity index (χ2n) is 4.40. The maximum atomic E-state index is 13.1. The van der Waals surface area contributed by atoms with Crippen molar-refractivity contribution >= 4 is 27.5 Å². The van der Waals surface area contributed by atoms with E-state index < -0.39 is 17.5 Å². The molecule has 102 valence electrons. The molecule has 0 aliphatic heterocycles. The number of alkyl halides is 3. The molecule has 3 nitrogen and oxygen atoms in total. The summed E-state index contributed by atoms with van der Waals surface area (Å²) in [5.41, 5.74) is 5.00. The van der Waals surface area contributed by atoms with Crippen molar-refractivity contribution in [2.45, 2.75) is 6.18 Å². The predicted octanol–water partition coefficient (Wildman–Crippen LogP) is 3.69. The lowest BCUT2D eigenvalue weighted by Crippen LogP contribution is -2.08. The van der Waals surface area contributed by atoms with Crippen molar-refractivity contribution in [1.29, 1.82) is 0 Å². The Labute approximate surface area is 111 Å². The van der Waals surface area contributed by atoms with E-state index in [4.69, 9.17) is 5.73 Å². The number of hydrogen-bond donors (Lipinski definition) is 2. The zero-order valence-electron chi connectivity index (χ0n) is 10.1. The van der Waals surface area contributed by atoms with Gasteiger partial charge < -0.3 is 10.8 Å². The smallest absolute Gasteiger partial charge is 0.422 e. The molecule has 20 heavy (non-hydrogen) atoms. The number of nitrogen functional groups attached to an aromatic ring is 1. The summed E-state index contributed by atoms with van der Waals surface area (Å²) in [5, 5.41) is 10.3. The van der Waals surface area contributed by atoms with Gasteiger partial charge in [-0.05, 0) is 18.2 Å². The maximum Gasteiger partial charge on any atom is 0.422 e. The molecule has 0 radical (unpaired) electrons. The molecule has 0 bridgehead atoms. The number of halogens is 3. The van der Waals surface area contributed by atoms with Crippen molar-refractivity contribution in [3.8, 4) is 5.75 Å². The molecule has 0 saturated heterocycles. The van der Waals surface area contributed by atoms with Crippen LogP contribution in [0.15, 0.2) is 36.4 Å². The predicted molar refractivity (Wildman–Crippen MR) is 70.3 cm³/mol. The number of aromatic nitrogens is 1. The van der Waals surface area contributed by atoms with Crippen molar-refractivity contribution in [1.82, 2.24) is 4.98 Å². The number of aromatic hydroxyl groups is 1. The maximum absolute atomic E-state index is 13.1. The number of phenolic OH excluding ortho intramolecular Hbond substituents is 1. The molecule has 0 aliphatic carbocycles. The fourth-order valence-electron chi connectivity index (χ4n) is 2.26. The summed E-state index contributed by atoms with van der Waals surface area (Å²) in [6.45, 7) is 0. The van der Waals surface area contributed by atoms with Gasteiger partial charge in [0, 0.05) is 10.8 Å². The fourth-order valence-corrected chi connectivity index (χ4v) is 2.26. The molecule has 0 spiro atoms. The highest BCUT2D eigenvalue weighted by Gasteiger charge is 2.37. The van der Waals surface area contributed by atoms with Crippen LogP contribution in [0.2, 0.25) is 0 Å². The van der Waals surface area contributed by atoms with E-state index in [9.17, 15) is 18.3 Å². The van der Waals surface area contributed by atoms with Crippen LogP contribution in [0.4, 0.5) is 18.9 Å². The number of anilines is 1. The first-order valence-electron chi connectivity index (χ1n) is 5.76. The number of benzene rings is 2. The quantitative estimate of drug-likeness (QED) is 0.616. The second-order valence-corrected chi connectivity index (χ2v) is 4.40. The summed E-state index contributed by atoms with van der Waals surface area (Å²) in [6.07, 6.45) is -4.70. The summed E-state index contributed by atoms with van der Waals surface area (Å²) in [4.78, 5) is 4.01. The number of para-hydroxylation sites is 1. The van der Waals surface area contributed by atoms with Crippen molar-refractivity contribution < 1.29 is 18.3 Å². The van der Waals surface area contributed by atoms with E-state index >= 15 is 0 Å². The Hall–Kier alpha value is -2.50. The minimum Gasteiger partial charge on any atom is -0.507 e. The topological polar surface area (TPSA) is 59.1 Å². The summed E-state index contributed by atoms with van der Waals surface area (Å²) >= 11 is 0. The van der Waals surface area contributed by atoms with E-state index in [1.807, 2.05) is 0 Å². The van der Waals surface area contributed by atoms with E-state index in [-0.39, 0.29) is 16.6 Å². The first-order valence-corrected chi connectivity index (χ1v) is 5.76. The molecule has 3 aromatic rings. The standard InChI is InChI=1S/C14H9F3N2O/c15-14(16,17)11-10(20)6-5-8-12(18)7-3-1-2-4-9(7)19-13(8)11/h1-6,20H,(H2,18,19). The lowest BCUT2D eigenvalue weighted by atomic mass is 10.0. The van der Waals surface area contributed by atoms with Crippen molar-refractivity contribution in [3.63, 3.8) is 0 Å². The Kier molecular flexibility index (Phi) is 2.50. The molecule has 3 rings (SSSR count). The zero-order valence-corrected chi connectivity index (χ0v) is 10.1. The average Bonchev–Trinajstić information content (AvgIpc) is 2.37. The molecule has 0 unspecified atom stereocenters. The third-order valence-corrected chi connectivity index (χ3v) is 3.16. The highest BCUT2D eigenvalue weighted by atomic mass is 19.4. The van der Waals surface area contributed by atoms with Gasteiger partial charge in [0.2, 0.25) is 0 Å². The highest BCUT2D eigenvalue weighted by Crippen LogP contribution is 2.42. The molecule has 0 amide bonds. The summed E-state index contributed by atoms with van der Waals surface area (Å²) in [5.74, 6) is -0.854. The third kappa shape index (κ3) is 1.72. The minimum absolute atomic E-state index is 0.175. The van der Waals surface area contributed by atoms with E-state index in [1.54, 1.807) is 24.3 Å². The van der Waals surface area contributed by atoms with Gasteiger partial charge in [-0.25, -0.2) is 4.98 Å². The summed E-state index contributed by atoms with van der Waals surface area (Å²) < 4.78 is 39.2. The van der Waals surface area contributed by atoms with Crippen LogP contribution in [-0.2, 0) is 6.18 Å². The van der Waals surface area contributed by atoms with Crippen LogP contribution in [0.3, 0.4) is 0 Å². The molecular weight excluding hydrogens is 269 g/mol. The van der Waals surface area contributed by atoms with Gasteiger partial charge in [0.25, 0.3) is 0 Å². The fraction of sp³-hybridized carbons (Fsp3) is 0.0714. The van der Waals surface area contributed by atoms with Crippen LogP contribution < -0.4 is 5.73 Å². The van der Waals surface area contributed by atoms with E-state index in [2.05, 4.69) is 4.98 Å². The van der Waals surface area contributed by atoms with Gasteiger partial charge in [0.1, 0.15) is 11.3 Å². The summed E-state index contributed by atoms with van der Waals surface area (Å²) in [7, 11) is 0. The highest BCUT2D eigenvalue weighted by molar-refractivity contribution is 6.07. The Morgan fingerprint density at radius 3 is 2.40 bits per heavy atom. The first kappa shape index (κ1) is 12.5. The SMILES string of the molecule is Nc1c2ccccc2nc2c(C(F)(F)F)c(O)ccc12. The monoisotopic (exact) mass is 278 g/mol. The van der Waals surface area contributed by atoms with Crippen LogP contribution in [-0.4, -0.2) is 10.1 Å². The van der Waals surface area contributed by atoms with Gasteiger partial charge >= 0.3 is 6.18 Å². The second kappa shape index (κ2) is 4.00. The van der Waals surface area contributed by atoms with Gasteiger partial charge in [-0.1, -0.05) is 18.2 Å². The molecule has 1 heterocycles. The molecule has 1 aromatic heterocycles. The number of nitrogens with zero attached hydrogens (tertiary/aromatic N) is 1. The van der Waals surface area contributed by atoms with E-state index in [1.165, 1.54) is 6.07 Å². The molecular formula is C14H9F3N2O. The van der Waals surface area contributed by atoms with Crippen molar-refractivity contribution in [3.05, 3.63) is 42.0 Å². The van der Waals surface area contributed by atoms with E-state index in [0.717, 1.165) is 6.07 Å². The number of pyridine rings is 1. The van der Waals surface area contributed by atoms with Crippen LogP contribution in [0, 0.1) is 0 Å². The first-order chi connectivity index (χ1) is 9.39.